The van der Waals surface area contributed by atoms with Crippen molar-refractivity contribution in [3.05, 3.63) is 141 Å². The van der Waals surface area contributed by atoms with E-state index in [-0.39, 0.29) is 30.8 Å². The highest BCUT2D eigenvalue weighted by molar-refractivity contribution is 7.16. The lowest BCUT2D eigenvalue weighted by Gasteiger charge is -2.13. The van der Waals surface area contributed by atoms with Crippen LogP contribution >= 0.6 is 11.3 Å². The van der Waals surface area contributed by atoms with Crippen LogP contribution in [-0.4, -0.2) is 12.1 Å². The highest BCUT2D eigenvalue weighted by atomic mass is 32.1. The van der Waals surface area contributed by atoms with Gasteiger partial charge < -0.3 is 14.8 Å². The maximum Gasteiger partial charge on any atom is 0.259 e. The Bertz CT molecular complexity index is 1800. The van der Waals surface area contributed by atoms with Crippen LogP contribution in [0.1, 0.15) is 50.3 Å². The summed E-state index contributed by atoms with van der Waals surface area (Å²) >= 11 is 1.54. The molecule has 1 aromatic heterocycles. The molecule has 1 N–H and O–H groups in total. The van der Waals surface area contributed by atoms with Gasteiger partial charge in [0.15, 0.2) is 0 Å². The number of nitrogens with zero attached hydrogens (tertiary/aromatic N) is 1. The molecule has 5 aromatic rings. The number of carbonyl (C=O) groups excluding carboxylic acids is 1. The molecule has 6 rings (SSSR count). The van der Waals surface area contributed by atoms with Crippen LogP contribution in [0.5, 0.6) is 11.5 Å². The number of para-hydroxylation sites is 1. The van der Waals surface area contributed by atoms with Crippen molar-refractivity contribution in [1.29, 1.82) is 0 Å². The third kappa shape index (κ3) is 6.87. The van der Waals surface area contributed by atoms with Gasteiger partial charge in [-0.1, -0.05) is 54.6 Å². The molecule has 0 fully saturated rings. The minimum atomic E-state index is -0.368. The monoisotopic (exact) mass is 608 g/mol. The fourth-order valence-corrected chi connectivity index (χ4v) is 6.33. The number of anilines is 1. The molecule has 0 saturated heterocycles. The standard InChI is InChI=1S/C36H30F2N2O3S/c37-30-15-7-4-10-25(30)22-42-28-19-18-24(32(20-28)43-23-26-11-5-8-16-31(26)38)21-39-36-34(29-14-6-9-17-33(29)44-36)35(41)40-27-12-2-1-3-13-27/h1-5,7-8,10-13,15-16,18-21H,6,9,14,17,22-23H2,(H,40,41). The molecule has 0 spiro atoms. The van der Waals surface area contributed by atoms with Crippen molar-refractivity contribution in [2.45, 2.75) is 38.9 Å². The van der Waals surface area contributed by atoms with Crippen LogP contribution in [0.25, 0.3) is 0 Å². The van der Waals surface area contributed by atoms with Crippen molar-refractivity contribution < 1.29 is 23.0 Å². The number of halogens is 2. The smallest absolute Gasteiger partial charge is 0.259 e. The Balaban J connectivity index is 1.30. The number of aliphatic imine (C=N–C) groups is 1. The first-order chi connectivity index (χ1) is 21.5. The lowest BCUT2D eigenvalue weighted by atomic mass is 9.95. The summed E-state index contributed by atoms with van der Waals surface area (Å²) in [6.45, 7) is 0.0236. The van der Waals surface area contributed by atoms with Crippen molar-refractivity contribution in [1.82, 2.24) is 0 Å². The minimum Gasteiger partial charge on any atom is -0.489 e. The van der Waals surface area contributed by atoms with E-state index in [1.54, 1.807) is 60.8 Å². The van der Waals surface area contributed by atoms with Gasteiger partial charge in [0.2, 0.25) is 0 Å². The zero-order chi connectivity index (χ0) is 30.3. The molecule has 0 radical (unpaired) electrons. The van der Waals surface area contributed by atoms with Crippen molar-refractivity contribution in [3.63, 3.8) is 0 Å². The number of aryl methyl sites for hydroxylation is 1. The van der Waals surface area contributed by atoms with Crippen LogP contribution in [0.3, 0.4) is 0 Å². The number of hydrogen-bond donors (Lipinski definition) is 1. The first-order valence-corrected chi connectivity index (χ1v) is 15.3. The lowest BCUT2D eigenvalue weighted by Crippen LogP contribution is -2.14. The lowest BCUT2D eigenvalue weighted by molar-refractivity contribution is 0.102. The average Bonchev–Trinajstić information content (AvgIpc) is 3.42. The largest absolute Gasteiger partial charge is 0.489 e. The van der Waals surface area contributed by atoms with Crippen LogP contribution in [0.4, 0.5) is 19.5 Å². The third-order valence-corrected chi connectivity index (χ3v) is 8.61. The Kier molecular flexibility index (Phi) is 9.08. The number of nitrogens with one attached hydrogen (secondary N) is 1. The normalized spacial score (nSPS) is 12.6. The molecule has 0 saturated carbocycles. The fraction of sp³-hybridized carbons (Fsp3) is 0.167. The minimum absolute atomic E-state index is 0.0116. The second-order valence-electron chi connectivity index (χ2n) is 10.4. The van der Waals surface area contributed by atoms with E-state index in [0.29, 0.717) is 38.8 Å². The molecule has 0 atom stereocenters. The quantitative estimate of drug-likeness (QED) is 0.161. The number of ether oxygens (including phenoxy) is 2. The second-order valence-corrected chi connectivity index (χ2v) is 11.5. The predicted molar refractivity (Wildman–Crippen MR) is 171 cm³/mol. The van der Waals surface area contributed by atoms with Crippen LogP contribution < -0.4 is 14.8 Å². The van der Waals surface area contributed by atoms with Gasteiger partial charge in [0.1, 0.15) is 41.3 Å². The van der Waals surface area contributed by atoms with Gasteiger partial charge in [0.05, 0.1) is 5.56 Å². The molecular weight excluding hydrogens is 578 g/mol. The van der Waals surface area contributed by atoms with Gasteiger partial charge in [-0.3, -0.25) is 4.79 Å². The summed E-state index contributed by atoms with van der Waals surface area (Å²) in [6, 6.07) is 27.4. The first kappa shape index (κ1) is 29.3. The molecule has 1 heterocycles. The summed E-state index contributed by atoms with van der Waals surface area (Å²) < 4.78 is 40.5. The van der Waals surface area contributed by atoms with Gasteiger partial charge >= 0.3 is 0 Å². The zero-order valence-electron chi connectivity index (χ0n) is 23.9. The maximum atomic E-state index is 14.4. The van der Waals surface area contributed by atoms with E-state index < -0.39 is 0 Å². The number of hydrogen-bond acceptors (Lipinski definition) is 5. The number of thiophene rings is 1. The highest BCUT2D eigenvalue weighted by Gasteiger charge is 2.25. The van der Waals surface area contributed by atoms with E-state index in [1.165, 1.54) is 28.3 Å². The number of fused-ring (bicyclic) bond motifs is 1. The Morgan fingerprint density at radius 2 is 1.48 bits per heavy atom. The molecule has 222 valence electrons. The van der Waals surface area contributed by atoms with Gasteiger partial charge in [0, 0.05) is 39.5 Å². The Morgan fingerprint density at radius 1 is 0.818 bits per heavy atom. The van der Waals surface area contributed by atoms with Crippen LogP contribution in [0.2, 0.25) is 0 Å². The molecule has 8 heteroatoms. The predicted octanol–water partition coefficient (Wildman–Crippen LogP) is 9.07. The molecule has 5 nitrogen and oxygen atoms in total. The van der Waals surface area contributed by atoms with E-state index in [0.717, 1.165) is 36.9 Å². The van der Waals surface area contributed by atoms with Crippen LogP contribution in [0.15, 0.2) is 102 Å². The molecule has 0 unspecified atom stereocenters. The van der Waals surface area contributed by atoms with Gasteiger partial charge in [-0.05, 0) is 67.6 Å². The fourth-order valence-electron chi connectivity index (χ4n) is 5.10. The summed E-state index contributed by atoms with van der Waals surface area (Å²) in [5, 5.41) is 3.65. The molecule has 1 aliphatic rings. The van der Waals surface area contributed by atoms with E-state index >= 15 is 0 Å². The van der Waals surface area contributed by atoms with Crippen LogP contribution in [-0.2, 0) is 26.1 Å². The summed E-state index contributed by atoms with van der Waals surface area (Å²) in [5.74, 6) is -0.0234. The van der Waals surface area contributed by atoms with Gasteiger partial charge in [-0.25, -0.2) is 13.8 Å². The van der Waals surface area contributed by atoms with E-state index in [9.17, 15) is 13.6 Å². The van der Waals surface area contributed by atoms with Crippen molar-refractivity contribution >= 4 is 34.1 Å². The zero-order valence-corrected chi connectivity index (χ0v) is 24.7. The molecule has 0 bridgehead atoms. The van der Waals surface area contributed by atoms with E-state index in [4.69, 9.17) is 14.5 Å². The van der Waals surface area contributed by atoms with Crippen molar-refractivity contribution in [2.75, 3.05) is 5.32 Å². The number of amides is 1. The SMILES string of the molecule is O=C(Nc1ccccc1)c1c(N=Cc2ccc(OCc3ccccc3F)cc2OCc2ccccc2F)sc2c1CCCC2. The first-order valence-electron chi connectivity index (χ1n) is 14.5. The van der Waals surface area contributed by atoms with E-state index in [1.807, 2.05) is 30.3 Å². The second kappa shape index (κ2) is 13.7. The molecule has 4 aromatic carbocycles. The summed E-state index contributed by atoms with van der Waals surface area (Å²) in [4.78, 5) is 19.5. The maximum absolute atomic E-state index is 14.4. The third-order valence-electron chi connectivity index (χ3n) is 7.41. The van der Waals surface area contributed by atoms with E-state index in [2.05, 4.69) is 5.32 Å². The molecular formula is C36H30F2N2O3S. The summed E-state index contributed by atoms with van der Waals surface area (Å²) in [6.07, 6.45) is 5.53. The summed E-state index contributed by atoms with van der Waals surface area (Å²) in [5.41, 5.74) is 3.84. The molecule has 1 amide bonds. The summed E-state index contributed by atoms with van der Waals surface area (Å²) in [7, 11) is 0. The molecule has 1 aliphatic carbocycles. The molecule has 44 heavy (non-hydrogen) atoms. The van der Waals surface area contributed by atoms with Gasteiger partial charge in [-0.15, -0.1) is 11.3 Å². The van der Waals surface area contributed by atoms with Gasteiger partial charge in [-0.2, -0.15) is 0 Å². The topological polar surface area (TPSA) is 59.9 Å². The number of benzene rings is 4. The Hall–Kier alpha value is -4.82. The number of rotatable bonds is 10. The van der Waals surface area contributed by atoms with Crippen molar-refractivity contribution in [3.8, 4) is 11.5 Å². The number of carbonyl (C=O) groups is 1. The molecule has 0 aliphatic heterocycles. The van der Waals surface area contributed by atoms with Crippen LogP contribution in [0, 0.1) is 11.6 Å². The van der Waals surface area contributed by atoms with Gasteiger partial charge in [0.25, 0.3) is 5.91 Å². The Morgan fingerprint density at radius 3 is 2.20 bits per heavy atom. The average molecular weight is 609 g/mol. The highest BCUT2D eigenvalue weighted by Crippen LogP contribution is 2.40. The Labute approximate surface area is 258 Å². The van der Waals surface area contributed by atoms with Crippen molar-refractivity contribution in [2.24, 2.45) is 4.99 Å².